The van der Waals surface area contributed by atoms with Gasteiger partial charge in [-0.1, -0.05) is 13.8 Å². The molecule has 1 saturated heterocycles. The molecule has 1 aliphatic heterocycles. The average molecular weight is 182 g/mol. The van der Waals surface area contributed by atoms with Crippen LogP contribution in [0.3, 0.4) is 0 Å². The number of rotatable bonds is 0. The van der Waals surface area contributed by atoms with E-state index in [1.165, 1.54) is 0 Å². The molecule has 13 heavy (non-hydrogen) atoms. The van der Waals surface area contributed by atoms with Crippen LogP contribution in [0.4, 0.5) is 0 Å². The fraction of sp³-hybridized carbons (Fsp3) is 0.727. The summed E-state index contributed by atoms with van der Waals surface area (Å²) in [5.41, 5.74) is 0.478. The fourth-order valence-corrected chi connectivity index (χ4v) is 1.61. The van der Waals surface area contributed by atoms with Crippen molar-refractivity contribution in [2.75, 3.05) is 0 Å². The number of hydrogen-bond donors (Lipinski definition) is 0. The maximum Gasteiger partial charge on any atom is 0.317 e. The van der Waals surface area contributed by atoms with Gasteiger partial charge >= 0.3 is 5.97 Å². The second-order valence-electron chi connectivity index (χ2n) is 4.97. The summed E-state index contributed by atoms with van der Waals surface area (Å²) in [4.78, 5) is 11.6. The van der Waals surface area contributed by atoms with E-state index in [4.69, 9.17) is 4.74 Å². The normalized spacial score (nSPS) is 24.5. The molecule has 0 aromatic carbocycles. The van der Waals surface area contributed by atoms with Crippen LogP contribution < -0.4 is 0 Å². The molecule has 0 N–H and O–H groups in total. The molecule has 0 unspecified atom stereocenters. The first-order chi connectivity index (χ1) is 5.71. The molecular formula is C11H18O2. The third-order valence-corrected chi connectivity index (χ3v) is 3.29. The molecule has 0 aromatic heterocycles. The van der Waals surface area contributed by atoms with E-state index in [2.05, 4.69) is 13.8 Å². The minimum Gasteiger partial charge on any atom is -0.430 e. The lowest BCUT2D eigenvalue weighted by atomic mass is 9.68. The molecule has 1 fully saturated rings. The monoisotopic (exact) mass is 182 g/mol. The molecular weight excluding hydrogens is 164 g/mol. The van der Waals surface area contributed by atoms with Gasteiger partial charge < -0.3 is 4.74 Å². The Morgan fingerprint density at radius 2 is 1.54 bits per heavy atom. The van der Waals surface area contributed by atoms with E-state index in [0.29, 0.717) is 0 Å². The van der Waals surface area contributed by atoms with Crippen LogP contribution in [0.25, 0.3) is 0 Å². The summed E-state index contributed by atoms with van der Waals surface area (Å²) in [6.45, 7) is 11.9. The first kappa shape index (κ1) is 10.3. The number of hydrogen-bond acceptors (Lipinski definition) is 2. The van der Waals surface area contributed by atoms with E-state index in [9.17, 15) is 4.79 Å². The Morgan fingerprint density at radius 3 is 1.69 bits per heavy atom. The van der Waals surface area contributed by atoms with Crippen LogP contribution in [0.2, 0.25) is 0 Å². The number of carbonyl (C=O) groups is 1. The zero-order valence-corrected chi connectivity index (χ0v) is 9.32. The van der Waals surface area contributed by atoms with Gasteiger partial charge in [-0.2, -0.15) is 0 Å². The van der Waals surface area contributed by atoms with Gasteiger partial charge in [0.2, 0.25) is 0 Å². The molecule has 0 aromatic rings. The van der Waals surface area contributed by atoms with E-state index in [-0.39, 0.29) is 11.4 Å². The molecule has 1 rings (SSSR count). The summed E-state index contributed by atoms with van der Waals surface area (Å²) >= 11 is 0. The van der Waals surface area contributed by atoms with Gasteiger partial charge in [-0.15, -0.1) is 0 Å². The van der Waals surface area contributed by atoms with E-state index in [0.717, 1.165) is 11.3 Å². The number of allylic oxidation sites excluding steroid dienone is 2. The highest BCUT2D eigenvalue weighted by Gasteiger charge is 2.54. The summed E-state index contributed by atoms with van der Waals surface area (Å²) in [7, 11) is 0. The number of carbonyl (C=O) groups excluding carboxylic acids is 1. The summed E-state index contributed by atoms with van der Waals surface area (Å²) in [5, 5.41) is 0. The zero-order chi connectivity index (χ0) is 10.4. The van der Waals surface area contributed by atoms with Gasteiger partial charge in [-0.3, -0.25) is 4.79 Å². The van der Waals surface area contributed by atoms with E-state index in [1.807, 2.05) is 27.7 Å². The number of cyclic esters (lactones) is 1. The van der Waals surface area contributed by atoms with Crippen molar-refractivity contribution in [1.82, 2.24) is 0 Å². The van der Waals surface area contributed by atoms with Crippen molar-refractivity contribution in [2.24, 2.45) is 10.8 Å². The Balaban J connectivity index is 3.28. The topological polar surface area (TPSA) is 26.3 Å². The SMILES string of the molecule is CC(C)=C1OC(=O)C(C)(C)C1(C)C. The number of ether oxygens (including phenoxy) is 1. The first-order valence-corrected chi connectivity index (χ1v) is 4.61. The van der Waals surface area contributed by atoms with Crippen molar-refractivity contribution >= 4 is 5.97 Å². The molecule has 0 bridgehead atoms. The van der Waals surface area contributed by atoms with Gasteiger partial charge in [0.25, 0.3) is 0 Å². The van der Waals surface area contributed by atoms with Gasteiger partial charge in [0.15, 0.2) is 0 Å². The van der Waals surface area contributed by atoms with Crippen LogP contribution in [0.15, 0.2) is 11.3 Å². The molecule has 0 saturated carbocycles. The van der Waals surface area contributed by atoms with Crippen LogP contribution in [0.1, 0.15) is 41.5 Å². The minimum atomic E-state index is -0.417. The van der Waals surface area contributed by atoms with Crippen molar-refractivity contribution in [2.45, 2.75) is 41.5 Å². The molecule has 0 aliphatic carbocycles. The molecule has 0 spiro atoms. The van der Waals surface area contributed by atoms with E-state index >= 15 is 0 Å². The minimum absolute atomic E-state index is 0.117. The van der Waals surface area contributed by atoms with E-state index < -0.39 is 5.41 Å². The zero-order valence-electron chi connectivity index (χ0n) is 9.32. The quantitative estimate of drug-likeness (QED) is 0.538. The summed E-state index contributed by atoms with van der Waals surface area (Å²) in [5.74, 6) is 0.719. The maximum atomic E-state index is 11.6. The number of esters is 1. The molecule has 74 valence electrons. The van der Waals surface area contributed by atoms with Gasteiger partial charge in [0.1, 0.15) is 5.76 Å². The smallest absolute Gasteiger partial charge is 0.317 e. The Bertz CT molecular complexity index is 278. The van der Waals surface area contributed by atoms with Gasteiger partial charge in [-0.05, 0) is 33.3 Å². The lowest BCUT2D eigenvalue weighted by Crippen LogP contribution is -2.32. The molecule has 2 heteroatoms. The second-order valence-corrected chi connectivity index (χ2v) is 4.97. The average Bonchev–Trinajstić information content (AvgIpc) is 2.10. The first-order valence-electron chi connectivity index (χ1n) is 4.61. The Hall–Kier alpha value is -0.790. The Morgan fingerprint density at radius 1 is 1.08 bits per heavy atom. The molecule has 1 aliphatic rings. The van der Waals surface area contributed by atoms with Crippen molar-refractivity contribution < 1.29 is 9.53 Å². The summed E-state index contributed by atoms with van der Waals surface area (Å²) < 4.78 is 5.29. The molecule has 0 amide bonds. The van der Waals surface area contributed by atoms with Gasteiger partial charge in [0, 0.05) is 5.41 Å². The summed E-state index contributed by atoms with van der Waals surface area (Å²) in [6.07, 6.45) is 0. The lowest BCUT2D eigenvalue weighted by molar-refractivity contribution is -0.144. The van der Waals surface area contributed by atoms with E-state index in [1.54, 1.807) is 0 Å². The van der Waals surface area contributed by atoms with Crippen LogP contribution in [-0.4, -0.2) is 5.97 Å². The third-order valence-electron chi connectivity index (χ3n) is 3.29. The molecule has 1 heterocycles. The van der Waals surface area contributed by atoms with Crippen molar-refractivity contribution in [3.05, 3.63) is 11.3 Å². The second kappa shape index (κ2) is 2.60. The maximum absolute atomic E-state index is 11.6. The third kappa shape index (κ3) is 1.19. The molecule has 0 radical (unpaired) electrons. The fourth-order valence-electron chi connectivity index (χ4n) is 1.61. The van der Waals surface area contributed by atoms with Gasteiger partial charge in [0.05, 0.1) is 5.41 Å². The highest BCUT2D eigenvalue weighted by atomic mass is 16.5. The standard InChI is InChI=1S/C11H18O2/c1-7(2)8-10(3,4)11(5,6)9(12)13-8/h1-6H3. The summed E-state index contributed by atoms with van der Waals surface area (Å²) in [6, 6.07) is 0. The van der Waals surface area contributed by atoms with Crippen molar-refractivity contribution in [1.29, 1.82) is 0 Å². The predicted molar refractivity (Wildman–Crippen MR) is 52.0 cm³/mol. The lowest BCUT2D eigenvalue weighted by Gasteiger charge is -2.29. The van der Waals surface area contributed by atoms with Gasteiger partial charge in [-0.25, -0.2) is 0 Å². The largest absolute Gasteiger partial charge is 0.430 e. The molecule has 2 nitrogen and oxygen atoms in total. The van der Waals surface area contributed by atoms with Crippen LogP contribution in [0, 0.1) is 10.8 Å². The van der Waals surface area contributed by atoms with Crippen molar-refractivity contribution in [3.63, 3.8) is 0 Å². The van der Waals surface area contributed by atoms with Crippen molar-refractivity contribution in [3.8, 4) is 0 Å². The molecule has 0 atom stereocenters. The Kier molecular flexibility index (Phi) is 2.06. The van der Waals surface area contributed by atoms with Crippen LogP contribution in [0.5, 0.6) is 0 Å². The van der Waals surface area contributed by atoms with Crippen LogP contribution in [-0.2, 0) is 9.53 Å². The highest BCUT2D eigenvalue weighted by Crippen LogP contribution is 2.52. The predicted octanol–water partition coefficient (Wildman–Crippen LogP) is 2.89. The highest BCUT2D eigenvalue weighted by molar-refractivity contribution is 5.82. The Labute approximate surface area is 80.0 Å². The van der Waals surface area contributed by atoms with Crippen LogP contribution >= 0.6 is 0 Å².